The molecule has 1 aliphatic heterocycles. The third-order valence-electron chi connectivity index (χ3n) is 3.00. The number of halogens is 3. The molecule has 0 aromatic heterocycles. The Morgan fingerprint density at radius 3 is 2.84 bits per heavy atom. The van der Waals surface area contributed by atoms with Crippen molar-refractivity contribution >= 4 is 23.2 Å². The van der Waals surface area contributed by atoms with Crippen LogP contribution in [-0.2, 0) is 9.53 Å². The van der Waals surface area contributed by atoms with E-state index in [1.807, 2.05) is 0 Å². The Bertz CT molecular complexity index is 476. The zero-order valence-electron chi connectivity index (χ0n) is 10.2. The predicted octanol–water partition coefficient (Wildman–Crippen LogP) is 1.93. The first-order chi connectivity index (χ1) is 9.01. The van der Waals surface area contributed by atoms with Gasteiger partial charge in [-0.25, -0.2) is 8.78 Å². The van der Waals surface area contributed by atoms with Crippen LogP contribution in [0.3, 0.4) is 0 Å². The maximum atomic E-state index is 13.5. The van der Waals surface area contributed by atoms with E-state index >= 15 is 0 Å². The van der Waals surface area contributed by atoms with E-state index in [0.29, 0.717) is 19.0 Å². The lowest BCUT2D eigenvalue weighted by molar-refractivity contribution is -0.118. The second-order valence-electron chi connectivity index (χ2n) is 4.29. The number of amides is 1. The van der Waals surface area contributed by atoms with E-state index in [-0.39, 0.29) is 16.8 Å². The van der Waals surface area contributed by atoms with E-state index in [1.54, 1.807) is 7.11 Å². The minimum Gasteiger partial charge on any atom is -0.380 e. The maximum Gasteiger partial charge on any atom is 0.241 e. The van der Waals surface area contributed by atoms with Crippen LogP contribution in [0.25, 0.3) is 0 Å². The van der Waals surface area contributed by atoms with Gasteiger partial charge in [-0.1, -0.05) is 11.6 Å². The van der Waals surface area contributed by atoms with Crippen molar-refractivity contribution in [2.45, 2.75) is 18.6 Å². The summed E-state index contributed by atoms with van der Waals surface area (Å²) in [5, 5.41) is 5.14. The van der Waals surface area contributed by atoms with Crippen molar-refractivity contribution in [3.05, 3.63) is 28.8 Å². The smallest absolute Gasteiger partial charge is 0.241 e. The number of hydrogen-bond acceptors (Lipinski definition) is 3. The average molecular weight is 291 g/mol. The molecule has 1 aliphatic rings. The normalized spacial score (nSPS) is 22.5. The molecule has 1 saturated heterocycles. The summed E-state index contributed by atoms with van der Waals surface area (Å²) in [6.07, 6.45) is 0.437. The Balaban J connectivity index is 2.08. The van der Waals surface area contributed by atoms with E-state index in [4.69, 9.17) is 16.3 Å². The molecule has 1 aromatic carbocycles. The van der Waals surface area contributed by atoms with Crippen LogP contribution >= 0.6 is 11.6 Å². The zero-order chi connectivity index (χ0) is 14.0. The Hall–Kier alpha value is -1.24. The van der Waals surface area contributed by atoms with Crippen LogP contribution in [0.2, 0.25) is 5.02 Å². The van der Waals surface area contributed by atoms with Gasteiger partial charge < -0.3 is 15.4 Å². The van der Waals surface area contributed by atoms with Gasteiger partial charge in [0, 0.05) is 19.7 Å². The maximum absolute atomic E-state index is 13.5. The highest BCUT2D eigenvalue weighted by molar-refractivity contribution is 6.33. The number of carbonyl (C=O) groups is 1. The summed E-state index contributed by atoms with van der Waals surface area (Å²) in [5.74, 6) is -2.12. The van der Waals surface area contributed by atoms with E-state index in [9.17, 15) is 13.6 Å². The molecule has 4 nitrogen and oxygen atoms in total. The van der Waals surface area contributed by atoms with Crippen LogP contribution in [-0.4, -0.2) is 31.7 Å². The molecule has 0 radical (unpaired) electrons. The van der Waals surface area contributed by atoms with Crippen molar-refractivity contribution in [3.63, 3.8) is 0 Å². The molecule has 2 N–H and O–H groups in total. The van der Waals surface area contributed by atoms with Crippen LogP contribution < -0.4 is 10.6 Å². The Morgan fingerprint density at radius 1 is 1.53 bits per heavy atom. The number of anilines is 1. The Labute approximate surface area is 114 Å². The van der Waals surface area contributed by atoms with Gasteiger partial charge in [0.15, 0.2) is 5.82 Å². The summed E-state index contributed by atoms with van der Waals surface area (Å²) in [7, 11) is 1.56. The molecule has 1 amide bonds. The lowest BCUT2D eigenvalue weighted by Gasteiger charge is -2.13. The van der Waals surface area contributed by atoms with E-state index in [1.165, 1.54) is 0 Å². The van der Waals surface area contributed by atoms with Crippen molar-refractivity contribution in [3.8, 4) is 0 Å². The number of carbonyl (C=O) groups excluding carboxylic acids is 1. The highest BCUT2D eigenvalue weighted by Crippen LogP contribution is 2.26. The number of rotatable bonds is 3. The minimum absolute atomic E-state index is 0.0516. The quantitative estimate of drug-likeness (QED) is 0.894. The van der Waals surface area contributed by atoms with Crippen LogP contribution in [0.4, 0.5) is 14.5 Å². The topological polar surface area (TPSA) is 50.4 Å². The molecule has 0 saturated carbocycles. The fourth-order valence-corrected chi connectivity index (χ4v) is 2.20. The summed E-state index contributed by atoms with van der Waals surface area (Å²) in [6.45, 7) is 0.550. The molecule has 2 atom stereocenters. The van der Waals surface area contributed by atoms with Crippen LogP contribution in [0.15, 0.2) is 12.1 Å². The van der Waals surface area contributed by atoms with Crippen LogP contribution in [0.1, 0.15) is 6.42 Å². The number of ether oxygens (including phenoxy) is 1. The molecule has 19 heavy (non-hydrogen) atoms. The summed E-state index contributed by atoms with van der Waals surface area (Å²) in [5.41, 5.74) is -0.212. The van der Waals surface area contributed by atoms with Gasteiger partial charge in [0.1, 0.15) is 5.82 Å². The van der Waals surface area contributed by atoms with Gasteiger partial charge in [-0.05, 0) is 12.5 Å². The van der Waals surface area contributed by atoms with Crippen molar-refractivity contribution in [1.29, 1.82) is 0 Å². The first-order valence-corrected chi connectivity index (χ1v) is 6.10. The largest absolute Gasteiger partial charge is 0.380 e. The van der Waals surface area contributed by atoms with E-state index in [0.717, 1.165) is 6.07 Å². The second-order valence-corrected chi connectivity index (χ2v) is 4.70. The van der Waals surface area contributed by atoms with Gasteiger partial charge in [-0.15, -0.1) is 0 Å². The molecule has 1 fully saturated rings. The van der Waals surface area contributed by atoms with Crippen molar-refractivity contribution in [2.24, 2.45) is 0 Å². The Kier molecular flexibility index (Phi) is 4.34. The number of hydrogen-bond donors (Lipinski definition) is 2. The lowest BCUT2D eigenvalue weighted by Crippen LogP contribution is -2.35. The number of benzene rings is 1. The fourth-order valence-electron chi connectivity index (χ4n) is 1.95. The minimum atomic E-state index is -0.903. The van der Waals surface area contributed by atoms with Gasteiger partial charge in [0.2, 0.25) is 5.91 Å². The van der Waals surface area contributed by atoms with Gasteiger partial charge >= 0.3 is 0 Å². The summed E-state index contributed by atoms with van der Waals surface area (Å²) in [6, 6.07) is 1.13. The molecule has 2 rings (SSSR count). The molecular weight excluding hydrogens is 278 g/mol. The van der Waals surface area contributed by atoms with Gasteiger partial charge in [0.25, 0.3) is 0 Å². The Morgan fingerprint density at radius 2 is 2.26 bits per heavy atom. The van der Waals surface area contributed by atoms with E-state index in [2.05, 4.69) is 10.6 Å². The zero-order valence-corrected chi connectivity index (χ0v) is 10.9. The molecular formula is C12H13ClF2N2O2. The van der Waals surface area contributed by atoms with Crippen LogP contribution in [0.5, 0.6) is 0 Å². The molecule has 104 valence electrons. The lowest BCUT2D eigenvalue weighted by atomic mass is 10.2. The SMILES string of the molecule is COC1CNC(C(=O)Nc2c(F)cc(F)cc2Cl)C1. The standard InChI is InChI=1S/C12H13ClF2N2O2/c1-19-7-4-10(16-5-7)12(18)17-11-8(13)2-6(14)3-9(11)15/h2-3,7,10,16H,4-5H2,1H3,(H,17,18). The van der Waals surface area contributed by atoms with Crippen molar-refractivity contribution in [2.75, 3.05) is 19.0 Å². The predicted molar refractivity (Wildman–Crippen MR) is 67.2 cm³/mol. The third-order valence-corrected chi connectivity index (χ3v) is 3.29. The first-order valence-electron chi connectivity index (χ1n) is 5.73. The van der Waals surface area contributed by atoms with Crippen LogP contribution in [0, 0.1) is 11.6 Å². The highest BCUT2D eigenvalue weighted by Gasteiger charge is 2.30. The molecule has 7 heteroatoms. The monoisotopic (exact) mass is 290 g/mol. The summed E-state index contributed by atoms with van der Waals surface area (Å²) < 4.78 is 31.5. The average Bonchev–Trinajstić information content (AvgIpc) is 2.82. The molecule has 1 aromatic rings. The second kappa shape index (κ2) is 5.81. The molecule has 1 heterocycles. The van der Waals surface area contributed by atoms with Gasteiger partial charge in [-0.3, -0.25) is 4.79 Å². The fraction of sp³-hybridized carbons (Fsp3) is 0.417. The number of nitrogens with one attached hydrogen (secondary N) is 2. The molecule has 2 unspecified atom stereocenters. The molecule has 0 bridgehead atoms. The third kappa shape index (κ3) is 3.20. The first kappa shape index (κ1) is 14.2. The van der Waals surface area contributed by atoms with Crippen molar-refractivity contribution < 1.29 is 18.3 Å². The summed E-state index contributed by atoms with van der Waals surface area (Å²) >= 11 is 5.70. The molecule has 0 spiro atoms. The molecule has 0 aliphatic carbocycles. The van der Waals surface area contributed by atoms with Crippen molar-refractivity contribution in [1.82, 2.24) is 5.32 Å². The van der Waals surface area contributed by atoms with Gasteiger partial charge in [0.05, 0.1) is 22.9 Å². The number of methoxy groups -OCH3 is 1. The highest BCUT2D eigenvalue weighted by atomic mass is 35.5. The van der Waals surface area contributed by atoms with Gasteiger partial charge in [-0.2, -0.15) is 0 Å². The summed E-state index contributed by atoms with van der Waals surface area (Å²) in [4.78, 5) is 11.9. The van der Waals surface area contributed by atoms with E-state index < -0.39 is 23.6 Å².